The van der Waals surface area contributed by atoms with Crippen molar-refractivity contribution in [2.45, 2.75) is 51.0 Å². The summed E-state index contributed by atoms with van der Waals surface area (Å²) < 4.78 is 28.2. The van der Waals surface area contributed by atoms with Gasteiger partial charge in [0.2, 0.25) is 10.0 Å². The number of hydrogen-bond acceptors (Lipinski definition) is 2. The van der Waals surface area contributed by atoms with E-state index in [-0.39, 0.29) is 0 Å². The zero-order valence-electron chi connectivity index (χ0n) is 11.2. The highest BCUT2D eigenvalue weighted by molar-refractivity contribution is 9.10. The van der Waals surface area contributed by atoms with Gasteiger partial charge in [-0.2, -0.15) is 0 Å². The van der Waals surface area contributed by atoms with Crippen molar-refractivity contribution in [3.05, 3.63) is 28.2 Å². The summed E-state index contributed by atoms with van der Waals surface area (Å²) in [7, 11) is -3.45. The summed E-state index contributed by atoms with van der Waals surface area (Å²) in [4.78, 5) is 0.312. The fourth-order valence-corrected chi connectivity index (χ4v) is 3.66. The second-order valence-electron chi connectivity index (χ2n) is 5.15. The molecule has 0 bridgehead atoms. The van der Waals surface area contributed by atoms with E-state index < -0.39 is 15.6 Å². The highest BCUT2D eigenvalue weighted by Gasteiger charge is 2.25. The third kappa shape index (κ3) is 4.07. The van der Waals surface area contributed by atoms with E-state index in [1.807, 2.05) is 27.7 Å². The van der Waals surface area contributed by atoms with E-state index in [2.05, 4.69) is 20.7 Å². The molecule has 102 valence electrons. The van der Waals surface area contributed by atoms with E-state index in [9.17, 15) is 8.42 Å². The molecule has 0 spiro atoms. The second-order valence-corrected chi connectivity index (χ2v) is 7.69. The molecule has 0 aliphatic heterocycles. The van der Waals surface area contributed by atoms with Crippen LogP contribution >= 0.6 is 15.9 Å². The van der Waals surface area contributed by atoms with E-state index in [1.165, 1.54) is 0 Å². The van der Waals surface area contributed by atoms with Crippen molar-refractivity contribution in [3.8, 4) is 0 Å². The molecule has 0 heterocycles. The quantitative estimate of drug-likeness (QED) is 0.894. The lowest BCUT2D eigenvalue weighted by atomic mass is 10.0. The maximum Gasteiger partial charge on any atom is 0.241 e. The third-order valence-corrected chi connectivity index (χ3v) is 5.31. The number of aryl methyl sites for hydroxylation is 1. The van der Waals surface area contributed by atoms with Gasteiger partial charge >= 0.3 is 0 Å². The van der Waals surface area contributed by atoms with Crippen LogP contribution in [-0.2, 0) is 10.0 Å². The molecule has 0 aliphatic rings. The predicted molar refractivity (Wildman–Crippen MR) is 78.2 cm³/mol. The molecule has 0 radical (unpaired) electrons. The molecule has 0 aliphatic carbocycles. The van der Waals surface area contributed by atoms with Gasteiger partial charge in [-0.15, -0.1) is 0 Å². The van der Waals surface area contributed by atoms with E-state index in [0.29, 0.717) is 4.90 Å². The third-order valence-electron chi connectivity index (χ3n) is 2.73. The second kappa shape index (κ2) is 5.72. The summed E-state index contributed by atoms with van der Waals surface area (Å²) in [6, 6.07) is 5.05. The van der Waals surface area contributed by atoms with E-state index in [4.69, 9.17) is 0 Å². The topological polar surface area (TPSA) is 46.2 Å². The molecule has 1 rings (SSSR count). The summed E-state index contributed by atoms with van der Waals surface area (Å²) >= 11 is 3.37. The zero-order chi connectivity index (χ0) is 14.0. The first-order valence-electron chi connectivity index (χ1n) is 5.98. The van der Waals surface area contributed by atoms with Crippen molar-refractivity contribution in [1.29, 1.82) is 0 Å². The minimum absolute atomic E-state index is 0.312. The SMILES string of the molecule is CCCC(C)(C)NS(=O)(=O)c1ccc(Br)c(C)c1. The molecule has 0 saturated carbocycles. The Morgan fingerprint density at radius 2 is 1.94 bits per heavy atom. The van der Waals surface area contributed by atoms with Gasteiger partial charge in [0.1, 0.15) is 0 Å². The van der Waals surface area contributed by atoms with Gasteiger partial charge in [0.05, 0.1) is 4.90 Å². The first-order valence-corrected chi connectivity index (χ1v) is 8.26. The molecule has 1 aromatic carbocycles. The highest BCUT2D eigenvalue weighted by atomic mass is 79.9. The van der Waals surface area contributed by atoms with Gasteiger partial charge in [-0.3, -0.25) is 0 Å². The minimum Gasteiger partial charge on any atom is -0.207 e. The van der Waals surface area contributed by atoms with Gasteiger partial charge in [0.25, 0.3) is 0 Å². The minimum atomic E-state index is -3.45. The lowest BCUT2D eigenvalue weighted by Gasteiger charge is -2.25. The van der Waals surface area contributed by atoms with Crippen LogP contribution < -0.4 is 4.72 Å². The van der Waals surface area contributed by atoms with Crippen molar-refractivity contribution >= 4 is 26.0 Å². The standard InChI is InChI=1S/C13H20BrNO2S/c1-5-8-13(3,4)15-18(16,17)11-6-7-12(14)10(2)9-11/h6-7,9,15H,5,8H2,1-4H3. The average Bonchev–Trinajstić information content (AvgIpc) is 2.20. The van der Waals surface area contributed by atoms with Crippen molar-refractivity contribution in [2.24, 2.45) is 0 Å². The largest absolute Gasteiger partial charge is 0.241 e. The molecular weight excluding hydrogens is 314 g/mol. The summed E-state index contributed by atoms with van der Waals surface area (Å²) in [5.74, 6) is 0. The Bertz CT molecular complexity index is 524. The number of halogens is 1. The smallest absolute Gasteiger partial charge is 0.207 e. The molecule has 0 saturated heterocycles. The van der Waals surface area contributed by atoms with Crippen LogP contribution in [0.25, 0.3) is 0 Å². The molecule has 0 fully saturated rings. The van der Waals surface area contributed by atoms with Gasteiger partial charge < -0.3 is 0 Å². The Kier molecular flexibility index (Phi) is 4.98. The van der Waals surface area contributed by atoms with E-state index in [0.717, 1.165) is 22.9 Å². The lowest BCUT2D eigenvalue weighted by Crippen LogP contribution is -2.43. The van der Waals surface area contributed by atoms with Crippen molar-refractivity contribution in [2.75, 3.05) is 0 Å². The van der Waals surface area contributed by atoms with Gasteiger partial charge in [0, 0.05) is 10.0 Å². The van der Waals surface area contributed by atoms with Crippen LogP contribution in [-0.4, -0.2) is 14.0 Å². The molecule has 0 unspecified atom stereocenters. The number of rotatable bonds is 5. The van der Waals surface area contributed by atoms with Crippen LogP contribution in [0, 0.1) is 6.92 Å². The van der Waals surface area contributed by atoms with Crippen molar-refractivity contribution < 1.29 is 8.42 Å². The maximum absolute atomic E-state index is 12.3. The fourth-order valence-electron chi connectivity index (χ4n) is 1.88. The Morgan fingerprint density at radius 1 is 1.33 bits per heavy atom. The molecule has 1 N–H and O–H groups in total. The molecular formula is C13H20BrNO2S. The van der Waals surface area contributed by atoms with Crippen LogP contribution in [0.5, 0.6) is 0 Å². The Hall–Kier alpha value is -0.390. The van der Waals surface area contributed by atoms with Crippen LogP contribution in [0.15, 0.2) is 27.6 Å². The summed E-state index contributed by atoms with van der Waals surface area (Å²) in [5.41, 5.74) is 0.486. The summed E-state index contributed by atoms with van der Waals surface area (Å²) in [6.07, 6.45) is 1.75. The fraction of sp³-hybridized carbons (Fsp3) is 0.538. The first-order chi connectivity index (χ1) is 8.18. The van der Waals surface area contributed by atoms with Crippen molar-refractivity contribution in [1.82, 2.24) is 4.72 Å². The van der Waals surface area contributed by atoms with Crippen LogP contribution in [0.2, 0.25) is 0 Å². The normalized spacial score (nSPS) is 12.7. The first kappa shape index (κ1) is 15.7. The Labute approximate surface area is 118 Å². The van der Waals surface area contributed by atoms with Crippen molar-refractivity contribution in [3.63, 3.8) is 0 Å². The van der Waals surface area contributed by atoms with E-state index in [1.54, 1.807) is 18.2 Å². The molecule has 0 atom stereocenters. The summed E-state index contributed by atoms with van der Waals surface area (Å²) in [6.45, 7) is 7.72. The molecule has 3 nitrogen and oxygen atoms in total. The average molecular weight is 334 g/mol. The number of sulfonamides is 1. The molecule has 0 aromatic heterocycles. The molecule has 0 amide bonds. The van der Waals surface area contributed by atoms with Crippen LogP contribution in [0.3, 0.4) is 0 Å². The molecule has 1 aromatic rings. The number of benzene rings is 1. The maximum atomic E-state index is 12.3. The molecule has 18 heavy (non-hydrogen) atoms. The zero-order valence-corrected chi connectivity index (χ0v) is 13.7. The van der Waals surface area contributed by atoms with E-state index >= 15 is 0 Å². The lowest BCUT2D eigenvalue weighted by molar-refractivity contribution is 0.417. The van der Waals surface area contributed by atoms with Gasteiger partial charge in [-0.1, -0.05) is 29.3 Å². The van der Waals surface area contributed by atoms with Gasteiger partial charge in [-0.25, -0.2) is 13.1 Å². The van der Waals surface area contributed by atoms with Crippen LogP contribution in [0.4, 0.5) is 0 Å². The Morgan fingerprint density at radius 3 is 2.44 bits per heavy atom. The number of hydrogen-bond donors (Lipinski definition) is 1. The molecule has 5 heteroatoms. The van der Waals surface area contributed by atoms with Gasteiger partial charge in [-0.05, 0) is 51.0 Å². The van der Waals surface area contributed by atoms with Gasteiger partial charge in [0.15, 0.2) is 0 Å². The predicted octanol–water partition coefficient (Wildman–Crippen LogP) is 3.61. The monoisotopic (exact) mass is 333 g/mol. The summed E-state index contributed by atoms with van der Waals surface area (Å²) in [5, 5.41) is 0. The number of nitrogens with one attached hydrogen (secondary N) is 1. The highest BCUT2D eigenvalue weighted by Crippen LogP contribution is 2.22. The Balaban J connectivity index is 3.03. The van der Waals surface area contributed by atoms with Crippen LogP contribution in [0.1, 0.15) is 39.2 Å².